The fourth-order valence-corrected chi connectivity index (χ4v) is 6.13. The Morgan fingerprint density at radius 3 is 2.20 bits per heavy atom. The van der Waals surface area contributed by atoms with Crippen LogP contribution in [0.25, 0.3) is 17.0 Å². The number of aryl methyl sites for hydroxylation is 1. The van der Waals surface area contributed by atoms with E-state index in [1.807, 2.05) is 12.1 Å². The van der Waals surface area contributed by atoms with Crippen LogP contribution in [0.1, 0.15) is 74.4 Å². The van der Waals surface area contributed by atoms with Gasteiger partial charge in [0, 0.05) is 29.4 Å². The highest BCUT2D eigenvalue weighted by molar-refractivity contribution is 6.06. The third-order valence-electron chi connectivity index (χ3n) is 8.56. The molecule has 1 aromatic heterocycles. The summed E-state index contributed by atoms with van der Waals surface area (Å²) in [5.41, 5.74) is 8.18. The minimum Gasteiger partial charge on any atom is -0.493 e. The van der Waals surface area contributed by atoms with Crippen LogP contribution in [0.2, 0.25) is 0 Å². The maximum atomic E-state index is 11.4. The summed E-state index contributed by atoms with van der Waals surface area (Å²) >= 11 is 0. The van der Waals surface area contributed by atoms with Crippen LogP contribution in [0.15, 0.2) is 65.3 Å². The number of nitrogens with one attached hydrogen (secondary N) is 1. The molecule has 46 heavy (non-hydrogen) atoms. The molecule has 8 heteroatoms. The van der Waals surface area contributed by atoms with E-state index in [2.05, 4.69) is 61.1 Å². The lowest BCUT2D eigenvalue weighted by Gasteiger charge is -2.23. The zero-order valence-electron chi connectivity index (χ0n) is 28.1. The number of benzene rings is 3. The fraction of sp³-hybridized carbons (Fsp3) is 0.368. The fourth-order valence-electron chi connectivity index (χ4n) is 6.13. The second-order valence-electron chi connectivity index (χ2n) is 12.7. The highest BCUT2D eigenvalue weighted by Gasteiger charge is 2.26. The monoisotopic (exact) mass is 624 g/mol. The van der Waals surface area contributed by atoms with Crippen LogP contribution in [0.3, 0.4) is 0 Å². The van der Waals surface area contributed by atoms with E-state index in [1.165, 1.54) is 52.5 Å². The maximum absolute atomic E-state index is 11.4. The standard InChI is InChI=1S/C25H31NO2.C13H13NO4/c1-25(2,3)18-10-11-21-20(15-18)19-8-6-7-17(24(19)26-21)13-16-9-12-22(27-4)23(14-16)28-5;1-8-14-10(13(15)18-8)6-9-4-5-11(16-2)12(7-9)17-3/h9-12,14-15,17,26H,6-8,13H2,1-5H3;4-7H,1-3H3/b;10-6-. The van der Waals surface area contributed by atoms with Gasteiger partial charge in [-0.1, -0.05) is 39.0 Å². The molecule has 3 aromatic carbocycles. The van der Waals surface area contributed by atoms with Crippen molar-refractivity contribution >= 4 is 28.8 Å². The first-order chi connectivity index (χ1) is 22.0. The number of H-pyrrole nitrogens is 1. The van der Waals surface area contributed by atoms with E-state index in [9.17, 15) is 4.79 Å². The van der Waals surface area contributed by atoms with Gasteiger partial charge in [0.15, 0.2) is 34.6 Å². The van der Waals surface area contributed by atoms with E-state index in [1.54, 1.807) is 53.6 Å². The van der Waals surface area contributed by atoms with Crippen molar-refractivity contribution in [3.63, 3.8) is 0 Å². The van der Waals surface area contributed by atoms with Crippen LogP contribution < -0.4 is 18.9 Å². The maximum Gasteiger partial charge on any atom is 0.363 e. The van der Waals surface area contributed by atoms with Gasteiger partial charge >= 0.3 is 5.97 Å². The molecule has 1 aliphatic carbocycles. The predicted octanol–water partition coefficient (Wildman–Crippen LogP) is 8.17. The van der Waals surface area contributed by atoms with Crippen molar-refractivity contribution in [3.8, 4) is 23.0 Å². The summed E-state index contributed by atoms with van der Waals surface area (Å²) in [5.74, 6) is 3.26. The van der Waals surface area contributed by atoms with Gasteiger partial charge in [-0.2, -0.15) is 0 Å². The smallest absolute Gasteiger partial charge is 0.363 e. The molecule has 0 fully saturated rings. The molecule has 1 atom stereocenters. The van der Waals surface area contributed by atoms with E-state index < -0.39 is 5.97 Å². The highest BCUT2D eigenvalue weighted by Crippen LogP contribution is 2.40. The molecule has 1 unspecified atom stereocenters. The first kappa shape index (κ1) is 32.7. The van der Waals surface area contributed by atoms with Crippen molar-refractivity contribution in [2.75, 3.05) is 28.4 Å². The molecular weight excluding hydrogens is 580 g/mol. The topological polar surface area (TPSA) is 91.4 Å². The Morgan fingerprint density at radius 1 is 0.891 bits per heavy atom. The number of hydrogen-bond acceptors (Lipinski definition) is 7. The van der Waals surface area contributed by atoms with Crippen molar-refractivity contribution in [2.24, 2.45) is 4.99 Å². The van der Waals surface area contributed by atoms with E-state index in [0.717, 1.165) is 23.5 Å². The highest BCUT2D eigenvalue weighted by atomic mass is 16.6. The number of aliphatic imine (C=N–C) groups is 1. The number of carbonyl (C=O) groups is 1. The quantitative estimate of drug-likeness (QED) is 0.165. The van der Waals surface area contributed by atoms with Crippen LogP contribution in [0.4, 0.5) is 0 Å². The Morgan fingerprint density at radius 2 is 1.57 bits per heavy atom. The van der Waals surface area contributed by atoms with Crippen LogP contribution in [0.5, 0.6) is 23.0 Å². The second-order valence-corrected chi connectivity index (χ2v) is 12.7. The lowest BCUT2D eigenvalue weighted by atomic mass is 9.82. The number of carbonyl (C=O) groups excluding carboxylic acids is 1. The molecule has 1 N–H and O–H groups in total. The molecule has 242 valence electrons. The van der Waals surface area contributed by atoms with Crippen LogP contribution in [-0.2, 0) is 27.8 Å². The molecule has 1 aliphatic heterocycles. The zero-order valence-corrected chi connectivity index (χ0v) is 28.1. The third kappa shape index (κ3) is 7.06. The van der Waals surface area contributed by atoms with Crippen molar-refractivity contribution in [2.45, 2.75) is 64.7 Å². The molecule has 2 heterocycles. The van der Waals surface area contributed by atoms with Crippen molar-refractivity contribution in [1.29, 1.82) is 0 Å². The van der Waals surface area contributed by atoms with Crippen LogP contribution >= 0.6 is 0 Å². The molecule has 0 saturated heterocycles. The van der Waals surface area contributed by atoms with Gasteiger partial charge in [-0.05, 0) is 95.8 Å². The summed E-state index contributed by atoms with van der Waals surface area (Å²) in [6.07, 6.45) is 6.30. The summed E-state index contributed by atoms with van der Waals surface area (Å²) in [4.78, 5) is 19.2. The van der Waals surface area contributed by atoms with Crippen LogP contribution in [-0.4, -0.2) is 45.3 Å². The summed E-state index contributed by atoms with van der Waals surface area (Å²) in [7, 11) is 6.50. The lowest BCUT2D eigenvalue weighted by Crippen LogP contribution is -2.12. The molecule has 0 amide bonds. The number of methoxy groups -OCH3 is 4. The van der Waals surface area contributed by atoms with Crippen LogP contribution in [0, 0.1) is 0 Å². The lowest BCUT2D eigenvalue weighted by molar-refractivity contribution is -0.130. The molecule has 6 rings (SSSR count). The Balaban J connectivity index is 0.000000200. The summed E-state index contributed by atoms with van der Waals surface area (Å²) in [6.45, 7) is 8.49. The number of ether oxygens (including phenoxy) is 5. The van der Waals surface area contributed by atoms with Gasteiger partial charge in [-0.25, -0.2) is 9.79 Å². The number of cyclic esters (lactones) is 1. The summed E-state index contributed by atoms with van der Waals surface area (Å²) in [5, 5.41) is 1.42. The largest absolute Gasteiger partial charge is 0.493 e. The molecule has 2 aliphatic rings. The van der Waals surface area contributed by atoms with Gasteiger partial charge in [-0.15, -0.1) is 0 Å². The second kappa shape index (κ2) is 13.7. The normalized spacial score (nSPS) is 16.7. The van der Waals surface area contributed by atoms with E-state index in [-0.39, 0.29) is 11.1 Å². The molecule has 0 radical (unpaired) electrons. The number of nitrogens with zero attached hydrogens (tertiary/aromatic N) is 1. The Hall–Kier alpha value is -4.72. The molecule has 8 nitrogen and oxygen atoms in total. The Labute approximate surface area is 271 Å². The van der Waals surface area contributed by atoms with Crippen molar-refractivity contribution < 1.29 is 28.5 Å². The number of hydrogen-bond donors (Lipinski definition) is 1. The minimum absolute atomic E-state index is 0.173. The third-order valence-corrected chi connectivity index (χ3v) is 8.56. The molecule has 4 aromatic rings. The van der Waals surface area contributed by atoms with Gasteiger partial charge in [0.25, 0.3) is 0 Å². The van der Waals surface area contributed by atoms with E-state index in [4.69, 9.17) is 23.7 Å². The number of aromatic nitrogens is 1. The first-order valence-electron chi connectivity index (χ1n) is 15.6. The predicted molar refractivity (Wildman–Crippen MR) is 183 cm³/mol. The van der Waals surface area contributed by atoms with Crippen molar-refractivity contribution in [1.82, 2.24) is 4.98 Å². The number of fused-ring (bicyclic) bond motifs is 3. The van der Waals surface area contributed by atoms with Gasteiger partial charge < -0.3 is 28.7 Å². The average Bonchev–Trinajstić information content (AvgIpc) is 3.58. The van der Waals surface area contributed by atoms with E-state index >= 15 is 0 Å². The van der Waals surface area contributed by atoms with E-state index in [0.29, 0.717) is 23.3 Å². The van der Waals surface area contributed by atoms with Gasteiger partial charge in [0.1, 0.15) is 0 Å². The Bertz CT molecular complexity index is 1790. The zero-order chi connectivity index (χ0) is 33.0. The molecule has 0 spiro atoms. The van der Waals surface area contributed by atoms with Crippen molar-refractivity contribution in [3.05, 3.63) is 88.2 Å². The molecular formula is C38H44N2O6. The minimum atomic E-state index is -0.442. The summed E-state index contributed by atoms with van der Waals surface area (Å²) < 4.78 is 26.0. The Kier molecular flexibility index (Phi) is 9.75. The number of aromatic amines is 1. The molecule has 0 saturated carbocycles. The SMILES string of the molecule is COc1ccc(/C=C2\N=C(C)OC2=O)cc1OC.COc1ccc(CC2CCCc3c2[nH]c2ccc(C(C)(C)C)cc32)cc1OC. The molecule has 0 bridgehead atoms. The van der Waals surface area contributed by atoms with Gasteiger partial charge in [-0.3, -0.25) is 0 Å². The first-order valence-corrected chi connectivity index (χ1v) is 15.6. The number of esters is 1. The average molecular weight is 625 g/mol. The summed E-state index contributed by atoms with van der Waals surface area (Å²) in [6, 6.07) is 18.6. The van der Waals surface area contributed by atoms with Gasteiger partial charge in [0.2, 0.25) is 0 Å². The van der Waals surface area contributed by atoms with Gasteiger partial charge in [0.05, 0.1) is 28.4 Å². The number of rotatable bonds is 7.